The van der Waals surface area contributed by atoms with Gasteiger partial charge in [-0.3, -0.25) is 5.43 Å². The molecule has 24 heavy (non-hydrogen) atoms. The minimum atomic E-state index is 0.426. The van der Waals surface area contributed by atoms with Crippen LogP contribution >= 0.6 is 12.2 Å². The van der Waals surface area contributed by atoms with Crippen molar-refractivity contribution in [1.29, 1.82) is 0 Å². The Morgan fingerprint density at radius 3 is 2.38 bits per heavy atom. The van der Waals surface area contributed by atoms with E-state index in [4.69, 9.17) is 21.7 Å². The summed E-state index contributed by atoms with van der Waals surface area (Å²) in [6.45, 7) is 4.11. The van der Waals surface area contributed by atoms with Crippen molar-refractivity contribution in [3.8, 4) is 11.5 Å². The SMILES string of the molecule is COc1cc(C=NNC(=S)Nc2cccc(C)c2C)cc(OC)c1. The van der Waals surface area contributed by atoms with Gasteiger partial charge in [0.2, 0.25) is 0 Å². The van der Waals surface area contributed by atoms with Gasteiger partial charge in [-0.25, -0.2) is 0 Å². The molecule has 0 saturated carbocycles. The van der Waals surface area contributed by atoms with Gasteiger partial charge in [0.05, 0.1) is 20.4 Å². The molecule has 2 N–H and O–H groups in total. The van der Waals surface area contributed by atoms with Gasteiger partial charge in [0.1, 0.15) is 11.5 Å². The molecule has 2 aromatic rings. The van der Waals surface area contributed by atoms with Crippen molar-refractivity contribution in [3.63, 3.8) is 0 Å². The highest BCUT2D eigenvalue weighted by atomic mass is 32.1. The van der Waals surface area contributed by atoms with Crippen molar-refractivity contribution in [1.82, 2.24) is 5.43 Å². The number of hydrogen-bond donors (Lipinski definition) is 2. The van der Waals surface area contributed by atoms with Crippen LogP contribution in [0.5, 0.6) is 11.5 Å². The van der Waals surface area contributed by atoms with Crippen LogP contribution in [0.25, 0.3) is 0 Å². The van der Waals surface area contributed by atoms with Gasteiger partial charge in [0, 0.05) is 17.3 Å². The molecule has 2 aromatic carbocycles. The molecule has 2 rings (SSSR count). The molecule has 0 fully saturated rings. The maximum Gasteiger partial charge on any atom is 0.191 e. The fourth-order valence-corrected chi connectivity index (χ4v) is 2.27. The first kappa shape index (κ1) is 17.7. The Hall–Kier alpha value is -2.60. The summed E-state index contributed by atoms with van der Waals surface area (Å²) in [4.78, 5) is 0. The number of rotatable bonds is 5. The molecule has 0 unspecified atom stereocenters. The number of anilines is 1. The molecular weight excluding hydrogens is 322 g/mol. The summed E-state index contributed by atoms with van der Waals surface area (Å²) in [5.41, 5.74) is 6.97. The van der Waals surface area contributed by atoms with E-state index in [1.807, 2.05) is 31.2 Å². The lowest BCUT2D eigenvalue weighted by molar-refractivity contribution is 0.394. The third-order valence-electron chi connectivity index (χ3n) is 3.61. The van der Waals surface area contributed by atoms with Crippen molar-refractivity contribution in [2.75, 3.05) is 19.5 Å². The van der Waals surface area contributed by atoms with E-state index in [0.29, 0.717) is 16.6 Å². The van der Waals surface area contributed by atoms with Gasteiger partial charge in [0.15, 0.2) is 5.11 Å². The van der Waals surface area contributed by atoms with E-state index < -0.39 is 0 Å². The fraction of sp³-hybridized carbons (Fsp3) is 0.222. The summed E-state index contributed by atoms with van der Waals surface area (Å²) in [5, 5.41) is 7.72. The maximum atomic E-state index is 5.27. The number of aryl methyl sites for hydroxylation is 1. The normalized spacial score (nSPS) is 10.5. The van der Waals surface area contributed by atoms with Crippen LogP contribution in [0.3, 0.4) is 0 Å². The summed E-state index contributed by atoms with van der Waals surface area (Å²) in [5.74, 6) is 1.40. The molecule has 0 aromatic heterocycles. The second-order valence-electron chi connectivity index (χ2n) is 5.22. The lowest BCUT2D eigenvalue weighted by atomic mass is 10.1. The van der Waals surface area contributed by atoms with E-state index in [1.54, 1.807) is 26.5 Å². The molecule has 0 saturated heterocycles. The van der Waals surface area contributed by atoms with Crippen LogP contribution in [0.4, 0.5) is 5.69 Å². The van der Waals surface area contributed by atoms with Crippen molar-refractivity contribution in [2.45, 2.75) is 13.8 Å². The second-order valence-corrected chi connectivity index (χ2v) is 5.63. The average molecular weight is 343 g/mol. The van der Waals surface area contributed by atoms with Crippen LogP contribution in [-0.4, -0.2) is 25.5 Å². The molecule has 0 atom stereocenters. The van der Waals surface area contributed by atoms with Gasteiger partial charge in [0.25, 0.3) is 0 Å². The zero-order valence-electron chi connectivity index (χ0n) is 14.2. The van der Waals surface area contributed by atoms with Gasteiger partial charge in [-0.1, -0.05) is 12.1 Å². The molecule has 0 aliphatic carbocycles. The Labute approximate surface area is 147 Å². The standard InChI is InChI=1S/C18H21N3O2S/c1-12-6-5-7-17(13(12)2)20-18(24)21-19-11-14-8-15(22-3)10-16(9-14)23-4/h5-11H,1-4H3,(H2,20,21,24). The molecule has 0 bridgehead atoms. The zero-order valence-corrected chi connectivity index (χ0v) is 15.0. The van der Waals surface area contributed by atoms with E-state index in [2.05, 4.69) is 28.8 Å². The Bertz CT molecular complexity index is 738. The van der Waals surface area contributed by atoms with Crippen molar-refractivity contribution in [2.24, 2.45) is 5.10 Å². The molecule has 5 nitrogen and oxygen atoms in total. The highest BCUT2D eigenvalue weighted by Gasteiger charge is 2.03. The molecule has 6 heteroatoms. The van der Waals surface area contributed by atoms with Crippen LogP contribution in [0.15, 0.2) is 41.5 Å². The van der Waals surface area contributed by atoms with Crippen LogP contribution in [0.2, 0.25) is 0 Å². The molecular formula is C18H21N3O2S. The molecule has 0 heterocycles. The Morgan fingerprint density at radius 1 is 1.08 bits per heavy atom. The van der Waals surface area contributed by atoms with Gasteiger partial charge in [-0.05, 0) is 55.4 Å². The molecule has 0 spiro atoms. The number of thiocarbonyl (C=S) groups is 1. The van der Waals surface area contributed by atoms with Gasteiger partial charge in [-0.15, -0.1) is 0 Å². The minimum absolute atomic E-state index is 0.426. The molecule has 126 valence electrons. The van der Waals surface area contributed by atoms with Crippen molar-refractivity contribution < 1.29 is 9.47 Å². The molecule has 0 radical (unpaired) electrons. The summed E-state index contributed by atoms with van der Waals surface area (Å²) >= 11 is 5.27. The van der Waals surface area contributed by atoms with E-state index in [9.17, 15) is 0 Å². The minimum Gasteiger partial charge on any atom is -0.497 e. The predicted molar refractivity (Wildman–Crippen MR) is 102 cm³/mol. The van der Waals surface area contributed by atoms with Gasteiger partial charge >= 0.3 is 0 Å². The summed E-state index contributed by atoms with van der Waals surface area (Å²) in [6, 6.07) is 11.5. The molecule has 0 aliphatic rings. The topological polar surface area (TPSA) is 54.9 Å². The summed E-state index contributed by atoms with van der Waals surface area (Å²) in [7, 11) is 3.22. The fourth-order valence-electron chi connectivity index (χ4n) is 2.11. The number of benzene rings is 2. The Kier molecular flexibility index (Phi) is 6.14. The van der Waals surface area contributed by atoms with Gasteiger partial charge < -0.3 is 14.8 Å². The highest BCUT2D eigenvalue weighted by molar-refractivity contribution is 7.80. The van der Waals surface area contributed by atoms with Crippen molar-refractivity contribution in [3.05, 3.63) is 53.1 Å². The van der Waals surface area contributed by atoms with E-state index in [-0.39, 0.29) is 0 Å². The predicted octanol–water partition coefficient (Wildman–Crippen LogP) is 3.64. The maximum absolute atomic E-state index is 5.27. The van der Waals surface area contributed by atoms with Crippen LogP contribution in [0, 0.1) is 13.8 Å². The van der Waals surface area contributed by atoms with Crippen LogP contribution in [0.1, 0.15) is 16.7 Å². The van der Waals surface area contributed by atoms with Crippen molar-refractivity contribution >= 4 is 29.2 Å². The quantitative estimate of drug-likeness (QED) is 0.493. The number of nitrogens with zero attached hydrogens (tertiary/aromatic N) is 1. The van der Waals surface area contributed by atoms with E-state index >= 15 is 0 Å². The van der Waals surface area contributed by atoms with Crippen LogP contribution in [-0.2, 0) is 0 Å². The third-order valence-corrected chi connectivity index (χ3v) is 3.80. The molecule has 0 amide bonds. The van der Waals surface area contributed by atoms with Gasteiger partial charge in [-0.2, -0.15) is 5.10 Å². The lowest BCUT2D eigenvalue weighted by Gasteiger charge is -2.11. The smallest absolute Gasteiger partial charge is 0.191 e. The monoisotopic (exact) mass is 343 g/mol. The number of methoxy groups -OCH3 is 2. The highest BCUT2D eigenvalue weighted by Crippen LogP contribution is 2.21. The Balaban J connectivity index is 2.01. The zero-order chi connectivity index (χ0) is 17.5. The second kappa shape index (κ2) is 8.31. The molecule has 0 aliphatic heterocycles. The summed E-state index contributed by atoms with van der Waals surface area (Å²) < 4.78 is 10.5. The number of hydrogen-bond acceptors (Lipinski definition) is 4. The Morgan fingerprint density at radius 2 is 1.75 bits per heavy atom. The van der Waals surface area contributed by atoms with E-state index in [0.717, 1.165) is 16.8 Å². The third kappa shape index (κ3) is 4.70. The first-order valence-electron chi connectivity index (χ1n) is 7.43. The average Bonchev–Trinajstić information content (AvgIpc) is 2.58. The number of ether oxygens (including phenoxy) is 2. The first-order chi connectivity index (χ1) is 11.5. The number of nitrogens with one attached hydrogen (secondary N) is 2. The van der Waals surface area contributed by atoms with E-state index in [1.165, 1.54) is 5.56 Å². The lowest BCUT2D eigenvalue weighted by Crippen LogP contribution is -2.24. The summed E-state index contributed by atoms with van der Waals surface area (Å²) in [6.07, 6.45) is 1.65. The van der Waals surface area contributed by atoms with Crippen LogP contribution < -0.4 is 20.2 Å². The largest absolute Gasteiger partial charge is 0.497 e. The first-order valence-corrected chi connectivity index (χ1v) is 7.83. The number of hydrazone groups is 1.